The first-order valence-corrected chi connectivity index (χ1v) is 6.76. The number of hydrogen-bond acceptors (Lipinski definition) is 3. The van der Waals surface area contributed by atoms with Crippen molar-refractivity contribution in [3.05, 3.63) is 23.2 Å². The minimum absolute atomic E-state index is 0.0431. The lowest BCUT2D eigenvalue weighted by atomic mass is 10.3. The van der Waals surface area contributed by atoms with Crippen molar-refractivity contribution < 1.29 is 13.2 Å². The highest BCUT2D eigenvalue weighted by atomic mass is 35.5. The number of sulfonamides is 1. The van der Waals surface area contributed by atoms with Gasteiger partial charge in [0.05, 0.1) is 16.5 Å². The van der Waals surface area contributed by atoms with Crippen LogP contribution in [0.25, 0.3) is 0 Å². The molecule has 1 aromatic rings. The maximum Gasteiger partial charge on any atom is 0.238 e. The third-order valence-electron chi connectivity index (χ3n) is 1.95. The normalized spacial score (nSPS) is 10.9. The summed E-state index contributed by atoms with van der Waals surface area (Å²) in [6.07, 6.45) is 6.42. The number of terminal acetylenes is 1. The highest BCUT2D eigenvalue weighted by Gasteiger charge is 2.10. The first kappa shape index (κ1) is 13.8. The van der Waals surface area contributed by atoms with Crippen molar-refractivity contribution >= 4 is 21.6 Å². The van der Waals surface area contributed by atoms with E-state index in [2.05, 4.69) is 5.92 Å². The lowest BCUT2D eigenvalue weighted by molar-refractivity contribution is 0.313. The van der Waals surface area contributed by atoms with E-state index in [-0.39, 0.29) is 9.92 Å². The molecule has 1 rings (SSSR count). The molecule has 2 N–H and O–H groups in total. The van der Waals surface area contributed by atoms with Crippen molar-refractivity contribution in [3.8, 4) is 18.1 Å². The fraction of sp³-hybridized carbons (Fsp3) is 0.273. The molecule has 0 saturated carbocycles. The molecular formula is C11H12ClNO3S. The molecule has 0 amide bonds. The first-order valence-electron chi connectivity index (χ1n) is 4.84. The van der Waals surface area contributed by atoms with Crippen LogP contribution < -0.4 is 9.88 Å². The summed E-state index contributed by atoms with van der Waals surface area (Å²) in [5.41, 5.74) is 0. The molecule has 0 aromatic heterocycles. The highest BCUT2D eigenvalue weighted by Crippen LogP contribution is 2.26. The number of unbranched alkanes of at least 4 members (excludes halogenated alkanes) is 1. The van der Waals surface area contributed by atoms with E-state index in [4.69, 9.17) is 27.9 Å². The van der Waals surface area contributed by atoms with Gasteiger partial charge in [0.1, 0.15) is 5.75 Å². The molecule has 92 valence electrons. The van der Waals surface area contributed by atoms with Crippen LogP contribution >= 0.6 is 11.6 Å². The summed E-state index contributed by atoms with van der Waals surface area (Å²) in [4.78, 5) is -0.0431. The zero-order valence-corrected chi connectivity index (χ0v) is 10.6. The van der Waals surface area contributed by atoms with Crippen molar-refractivity contribution in [1.29, 1.82) is 0 Å². The van der Waals surface area contributed by atoms with E-state index in [1.807, 2.05) is 0 Å². The van der Waals surface area contributed by atoms with Gasteiger partial charge in [-0.2, -0.15) is 0 Å². The van der Waals surface area contributed by atoms with Crippen LogP contribution in [0, 0.1) is 12.3 Å². The molecule has 0 spiro atoms. The van der Waals surface area contributed by atoms with Gasteiger partial charge in [-0.05, 0) is 24.6 Å². The molecule has 0 fully saturated rings. The summed E-state index contributed by atoms with van der Waals surface area (Å²) in [7, 11) is -3.74. The quantitative estimate of drug-likeness (QED) is 0.657. The van der Waals surface area contributed by atoms with Crippen molar-refractivity contribution in [3.63, 3.8) is 0 Å². The largest absolute Gasteiger partial charge is 0.492 e. The molecule has 0 aliphatic heterocycles. The molecule has 6 heteroatoms. The Balaban J connectivity index is 2.74. The van der Waals surface area contributed by atoms with Gasteiger partial charge in [0.25, 0.3) is 0 Å². The number of halogens is 1. The molecule has 0 saturated heterocycles. The molecule has 1 aromatic carbocycles. The molecule has 0 bridgehead atoms. The molecule has 4 nitrogen and oxygen atoms in total. The Morgan fingerprint density at radius 1 is 1.47 bits per heavy atom. The predicted molar refractivity (Wildman–Crippen MR) is 66.4 cm³/mol. The third-order valence-corrected chi connectivity index (χ3v) is 3.16. The molecule has 0 aliphatic rings. The number of nitrogens with two attached hydrogens (primary N) is 1. The molecule has 0 heterocycles. The van der Waals surface area contributed by atoms with Crippen molar-refractivity contribution in [2.24, 2.45) is 5.14 Å². The van der Waals surface area contributed by atoms with E-state index >= 15 is 0 Å². The summed E-state index contributed by atoms with van der Waals surface area (Å²) in [5.74, 6) is 2.90. The summed E-state index contributed by atoms with van der Waals surface area (Å²) < 4.78 is 27.4. The van der Waals surface area contributed by atoms with Gasteiger partial charge >= 0.3 is 0 Å². The predicted octanol–water partition coefficient (Wildman–Crippen LogP) is 1.78. The average Bonchev–Trinajstić information content (AvgIpc) is 2.24. The van der Waals surface area contributed by atoms with Gasteiger partial charge in [-0.15, -0.1) is 12.3 Å². The second kappa shape index (κ2) is 5.92. The van der Waals surface area contributed by atoms with Gasteiger partial charge in [-0.3, -0.25) is 0 Å². The van der Waals surface area contributed by atoms with Crippen LogP contribution in [-0.2, 0) is 10.0 Å². The topological polar surface area (TPSA) is 69.4 Å². The smallest absolute Gasteiger partial charge is 0.238 e. The molecular weight excluding hydrogens is 262 g/mol. The maximum absolute atomic E-state index is 11.1. The zero-order valence-electron chi connectivity index (χ0n) is 9.02. The van der Waals surface area contributed by atoms with Crippen molar-refractivity contribution in [2.45, 2.75) is 17.7 Å². The Morgan fingerprint density at radius 2 is 2.18 bits per heavy atom. The molecule has 0 radical (unpaired) electrons. The summed E-state index contributed by atoms with van der Waals surface area (Å²) in [6, 6.07) is 4.07. The Labute approximate surface area is 106 Å². The second-order valence-corrected chi connectivity index (χ2v) is 5.26. The van der Waals surface area contributed by atoms with Crippen LogP contribution in [0.2, 0.25) is 5.02 Å². The number of rotatable bonds is 5. The summed E-state index contributed by atoms with van der Waals surface area (Å²) in [6.45, 7) is 0.429. The van der Waals surface area contributed by atoms with Gasteiger partial charge in [0.15, 0.2) is 0 Å². The van der Waals surface area contributed by atoms with Crippen LogP contribution in [0.3, 0.4) is 0 Å². The molecule has 17 heavy (non-hydrogen) atoms. The number of ether oxygens (including phenoxy) is 1. The molecule has 0 atom stereocenters. The van der Waals surface area contributed by atoms with Gasteiger partial charge in [-0.25, -0.2) is 13.6 Å². The van der Waals surface area contributed by atoms with Crippen molar-refractivity contribution in [1.82, 2.24) is 0 Å². The monoisotopic (exact) mass is 273 g/mol. The summed E-state index contributed by atoms with van der Waals surface area (Å²) >= 11 is 5.86. The van der Waals surface area contributed by atoms with E-state index < -0.39 is 10.0 Å². The fourth-order valence-corrected chi connectivity index (χ4v) is 1.97. The van der Waals surface area contributed by atoms with Gasteiger partial charge in [0, 0.05) is 6.42 Å². The molecule has 0 aliphatic carbocycles. The Hall–Kier alpha value is -1.22. The highest BCUT2D eigenvalue weighted by molar-refractivity contribution is 7.89. The van der Waals surface area contributed by atoms with E-state index in [1.165, 1.54) is 18.2 Å². The van der Waals surface area contributed by atoms with Crippen LogP contribution in [0.1, 0.15) is 12.8 Å². The third kappa shape index (κ3) is 4.27. The SMILES string of the molecule is C#CCCCOc1ccc(S(N)(=O)=O)cc1Cl. The standard InChI is InChI=1S/C11H12ClNO3S/c1-2-3-4-7-16-11-6-5-9(8-10(11)12)17(13,14)15/h1,5-6,8H,3-4,7H2,(H2,13,14,15). The van der Waals surface area contributed by atoms with E-state index in [0.717, 1.165) is 0 Å². The van der Waals surface area contributed by atoms with Gasteiger partial charge in [-0.1, -0.05) is 11.6 Å². The lowest BCUT2D eigenvalue weighted by Gasteiger charge is -2.08. The Kier molecular flexibility index (Phi) is 4.82. The average molecular weight is 274 g/mol. The number of benzene rings is 1. The van der Waals surface area contributed by atoms with E-state index in [0.29, 0.717) is 25.2 Å². The zero-order chi connectivity index (χ0) is 12.9. The van der Waals surface area contributed by atoms with Crippen LogP contribution in [-0.4, -0.2) is 15.0 Å². The Morgan fingerprint density at radius 3 is 2.71 bits per heavy atom. The van der Waals surface area contributed by atoms with E-state index in [1.54, 1.807) is 0 Å². The maximum atomic E-state index is 11.1. The first-order chi connectivity index (χ1) is 7.95. The lowest BCUT2D eigenvalue weighted by Crippen LogP contribution is -2.12. The second-order valence-electron chi connectivity index (χ2n) is 3.29. The van der Waals surface area contributed by atoms with E-state index in [9.17, 15) is 8.42 Å². The number of primary sulfonamides is 1. The molecule has 0 unspecified atom stereocenters. The number of hydrogen-bond donors (Lipinski definition) is 1. The minimum atomic E-state index is -3.74. The Bertz CT molecular complexity index is 534. The van der Waals surface area contributed by atoms with Crippen LogP contribution in [0.15, 0.2) is 23.1 Å². The van der Waals surface area contributed by atoms with Gasteiger partial charge in [0.2, 0.25) is 10.0 Å². The van der Waals surface area contributed by atoms with Crippen molar-refractivity contribution in [2.75, 3.05) is 6.61 Å². The fourth-order valence-electron chi connectivity index (χ4n) is 1.13. The van der Waals surface area contributed by atoms with Crippen LogP contribution in [0.4, 0.5) is 0 Å². The van der Waals surface area contributed by atoms with Crippen LogP contribution in [0.5, 0.6) is 5.75 Å². The minimum Gasteiger partial charge on any atom is -0.492 e. The summed E-state index contributed by atoms with van der Waals surface area (Å²) in [5, 5.41) is 5.17. The van der Waals surface area contributed by atoms with Gasteiger partial charge < -0.3 is 4.74 Å².